The molecule has 154 valence electrons. The summed E-state index contributed by atoms with van der Waals surface area (Å²) in [5.41, 5.74) is 3.07. The second kappa shape index (κ2) is 12.7. The van der Waals surface area contributed by atoms with E-state index in [1.54, 1.807) is 18.4 Å². The van der Waals surface area contributed by atoms with Crippen molar-refractivity contribution < 1.29 is 4.79 Å². The number of nitrogens with one attached hydrogen (secondary N) is 3. The molecule has 2 aromatic rings. The number of anilines is 1. The van der Waals surface area contributed by atoms with Gasteiger partial charge in [-0.25, -0.2) is 4.98 Å². The van der Waals surface area contributed by atoms with Crippen LogP contribution in [0.15, 0.2) is 34.6 Å². The van der Waals surface area contributed by atoms with Crippen LogP contribution in [0.1, 0.15) is 55.8 Å². The molecule has 1 heterocycles. The molecule has 28 heavy (non-hydrogen) atoms. The summed E-state index contributed by atoms with van der Waals surface area (Å²) in [6, 6.07) is 7.84. The second-order valence-electron chi connectivity index (χ2n) is 6.60. The first-order chi connectivity index (χ1) is 13.0. The highest BCUT2D eigenvalue weighted by Gasteiger charge is 2.06. The van der Waals surface area contributed by atoms with Crippen LogP contribution in [-0.4, -0.2) is 23.9 Å². The number of hydrogen-bond acceptors (Lipinski definition) is 4. The molecule has 2 rings (SSSR count). The van der Waals surface area contributed by atoms with Crippen LogP contribution in [0.5, 0.6) is 0 Å². The van der Waals surface area contributed by atoms with Crippen molar-refractivity contribution in [2.24, 2.45) is 4.99 Å². The molecule has 0 spiro atoms. The van der Waals surface area contributed by atoms with Gasteiger partial charge in [0.25, 0.3) is 0 Å². The van der Waals surface area contributed by atoms with Crippen molar-refractivity contribution in [3.63, 3.8) is 0 Å². The Morgan fingerprint density at radius 1 is 1.18 bits per heavy atom. The minimum absolute atomic E-state index is 0. The zero-order valence-corrected chi connectivity index (χ0v) is 20.1. The number of aromatic nitrogens is 1. The molecule has 0 radical (unpaired) electrons. The lowest BCUT2D eigenvalue weighted by Gasteiger charge is -2.11. The molecule has 6 nitrogen and oxygen atoms in total. The Kier molecular flexibility index (Phi) is 11.1. The third kappa shape index (κ3) is 8.14. The summed E-state index contributed by atoms with van der Waals surface area (Å²) in [7, 11) is 1.75. The highest BCUT2D eigenvalue weighted by atomic mass is 127. The lowest BCUT2D eigenvalue weighted by Crippen LogP contribution is -2.36. The molecular formula is C20H30IN5OS. The standard InChI is InChI=1S/C20H29N5OS.HI/c1-5-6-18(26)24-16-9-7-15(8-10-16)11-22-20(21-4)23-12-19-25-17(13-27-19)14(2)3;/h7-10,13-14H,5-6,11-12H2,1-4H3,(H,24,26)(H2,21,22,23);1H. The van der Waals surface area contributed by atoms with E-state index in [2.05, 4.69) is 45.2 Å². The van der Waals surface area contributed by atoms with Gasteiger partial charge in [-0.1, -0.05) is 32.9 Å². The van der Waals surface area contributed by atoms with E-state index in [4.69, 9.17) is 0 Å². The number of benzene rings is 1. The van der Waals surface area contributed by atoms with Gasteiger partial charge >= 0.3 is 0 Å². The van der Waals surface area contributed by atoms with Gasteiger partial charge in [0.05, 0.1) is 12.2 Å². The van der Waals surface area contributed by atoms with E-state index in [1.165, 1.54) is 0 Å². The van der Waals surface area contributed by atoms with Gasteiger partial charge in [-0.3, -0.25) is 9.79 Å². The molecule has 0 saturated carbocycles. The number of aliphatic imine (C=N–C) groups is 1. The first kappa shape index (κ1) is 24.4. The Balaban J connectivity index is 0.00000392. The van der Waals surface area contributed by atoms with Gasteiger partial charge < -0.3 is 16.0 Å². The van der Waals surface area contributed by atoms with Gasteiger partial charge in [0.15, 0.2) is 5.96 Å². The fourth-order valence-electron chi connectivity index (χ4n) is 2.39. The van der Waals surface area contributed by atoms with Crippen molar-refractivity contribution >= 4 is 52.9 Å². The molecule has 1 aromatic carbocycles. The number of amides is 1. The summed E-state index contributed by atoms with van der Waals surface area (Å²) in [6.45, 7) is 7.59. The number of halogens is 1. The number of nitrogens with zero attached hydrogens (tertiary/aromatic N) is 2. The fourth-order valence-corrected chi connectivity index (χ4v) is 3.29. The average molecular weight is 515 g/mol. The fraction of sp³-hybridized carbons (Fsp3) is 0.450. The monoisotopic (exact) mass is 515 g/mol. The zero-order valence-electron chi connectivity index (χ0n) is 16.9. The SMILES string of the molecule is CCCC(=O)Nc1ccc(CNC(=NC)NCc2nc(C(C)C)cs2)cc1.I. The summed E-state index contributed by atoms with van der Waals surface area (Å²) in [5.74, 6) is 1.23. The summed E-state index contributed by atoms with van der Waals surface area (Å²) in [6.07, 6.45) is 1.39. The van der Waals surface area contributed by atoms with Crippen LogP contribution in [-0.2, 0) is 17.9 Å². The minimum Gasteiger partial charge on any atom is -0.352 e. The van der Waals surface area contributed by atoms with Crippen molar-refractivity contribution in [3.05, 3.63) is 45.9 Å². The lowest BCUT2D eigenvalue weighted by atomic mass is 10.2. The van der Waals surface area contributed by atoms with Crippen LogP contribution in [0.25, 0.3) is 0 Å². The number of carbonyl (C=O) groups excluding carboxylic acids is 1. The van der Waals surface area contributed by atoms with Crippen molar-refractivity contribution in [3.8, 4) is 0 Å². The van der Waals surface area contributed by atoms with Gasteiger partial charge in [-0.05, 0) is 30.0 Å². The topological polar surface area (TPSA) is 78.4 Å². The Labute approximate surface area is 188 Å². The summed E-state index contributed by atoms with van der Waals surface area (Å²) in [4.78, 5) is 20.5. The van der Waals surface area contributed by atoms with E-state index in [9.17, 15) is 4.79 Å². The van der Waals surface area contributed by atoms with Crippen LogP contribution < -0.4 is 16.0 Å². The first-order valence-electron chi connectivity index (χ1n) is 9.29. The summed E-state index contributed by atoms with van der Waals surface area (Å²) < 4.78 is 0. The molecule has 1 amide bonds. The van der Waals surface area contributed by atoms with E-state index in [1.807, 2.05) is 31.2 Å². The molecule has 0 unspecified atom stereocenters. The lowest BCUT2D eigenvalue weighted by molar-refractivity contribution is -0.116. The van der Waals surface area contributed by atoms with Gasteiger partial charge in [-0.15, -0.1) is 35.3 Å². The van der Waals surface area contributed by atoms with E-state index in [0.29, 0.717) is 25.4 Å². The second-order valence-corrected chi connectivity index (χ2v) is 7.54. The number of hydrogen-bond donors (Lipinski definition) is 3. The van der Waals surface area contributed by atoms with Crippen LogP contribution in [0.3, 0.4) is 0 Å². The zero-order chi connectivity index (χ0) is 19.6. The third-order valence-electron chi connectivity index (χ3n) is 3.97. The van der Waals surface area contributed by atoms with E-state index in [0.717, 1.165) is 34.3 Å². The number of rotatable bonds is 8. The summed E-state index contributed by atoms with van der Waals surface area (Å²) in [5, 5.41) is 12.6. The van der Waals surface area contributed by atoms with Gasteiger partial charge in [0.2, 0.25) is 5.91 Å². The first-order valence-corrected chi connectivity index (χ1v) is 10.2. The van der Waals surface area contributed by atoms with Gasteiger partial charge in [0.1, 0.15) is 5.01 Å². The van der Waals surface area contributed by atoms with Crippen molar-refractivity contribution in [1.29, 1.82) is 0 Å². The quantitative estimate of drug-likeness (QED) is 0.275. The smallest absolute Gasteiger partial charge is 0.224 e. The highest BCUT2D eigenvalue weighted by Crippen LogP contribution is 2.17. The van der Waals surface area contributed by atoms with Crippen molar-refractivity contribution in [2.45, 2.75) is 52.6 Å². The summed E-state index contributed by atoms with van der Waals surface area (Å²) >= 11 is 1.66. The van der Waals surface area contributed by atoms with Crippen LogP contribution in [0.4, 0.5) is 5.69 Å². The van der Waals surface area contributed by atoms with Crippen molar-refractivity contribution in [2.75, 3.05) is 12.4 Å². The van der Waals surface area contributed by atoms with Crippen molar-refractivity contribution in [1.82, 2.24) is 15.6 Å². The van der Waals surface area contributed by atoms with Crippen LogP contribution in [0, 0.1) is 0 Å². The van der Waals surface area contributed by atoms with Gasteiger partial charge in [0, 0.05) is 31.1 Å². The Hall–Kier alpha value is -1.68. The molecule has 0 aliphatic rings. The largest absolute Gasteiger partial charge is 0.352 e. The molecule has 3 N–H and O–H groups in total. The Morgan fingerprint density at radius 3 is 2.43 bits per heavy atom. The molecule has 0 atom stereocenters. The maximum atomic E-state index is 11.6. The normalized spacial score (nSPS) is 11.1. The van der Waals surface area contributed by atoms with E-state index < -0.39 is 0 Å². The van der Waals surface area contributed by atoms with Crippen LogP contribution in [0.2, 0.25) is 0 Å². The highest BCUT2D eigenvalue weighted by molar-refractivity contribution is 14.0. The maximum absolute atomic E-state index is 11.6. The molecular weight excluding hydrogens is 485 g/mol. The Bertz CT molecular complexity index is 758. The predicted octanol–water partition coefficient (Wildman–Crippen LogP) is 4.49. The molecule has 0 aliphatic carbocycles. The molecule has 1 aromatic heterocycles. The molecule has 8 heteroatoms. The number of thiazole rings is 1. The minimum atomic E-state index is 0. The third-order valence-corrected chi connectivity index (χ3v) is 4.83. The number of guanidine groups is 1. The van der Waals surface area contributed by atoms with Crippen LogP contribution >= 0.6 is 35.3 Å². The molecule has 0 saturated heterocycles. The Morgan fingerprint density at radius 2 is 1.86 bits per heavy atom. The molecule has 0 bridgehead atoms. The number of carbonyl (C=O) groups is 1. The maximum Gasteiger partial charge on any atom is 0.224 e. The van der Waals surface area contributed by atoms with E-state index in [-0.39, 0.29) is 29.9 Å². The van der Waals surface area contributed by atoms with E-state index >= 15 is 0 Å². The predicted molar refractivity (Wildman–Crippen MR) is 129 cm³/mol. The van der Waals surface area contributed by atoms with Gasteiger partial charge in [-0.2, -0.15) is 0 Å². The average Bonchev–Trinajstić information content (AvgIpc) is 3.13. The molecule has 0 fully saturated rings. The molecule has 0 aliphatic heterocycles.